The molecule has 2 N–H and O–H groups in total. The Morgan fingerprint density at radius 3 is 2.41 bits per heavy atom. The van der Waals surface area contributed by atoms with Crippen LogP contribution in [0.25, 0.3) is 0 Å². The Morgan fingerprint density at radius 2 is 1.82 bits per heavy atom. The summed E-state index contributed by atoms with van der Waals surface area (Å²) in [4.78, 5) is 24.6. The van der Waals surface area contributed by atoms with E-state index in [1.165, 1.54) is 0 Å². The van der Waals surface area contributed by atoms with Gasteiger partial charge in [-0.2, -0.15) is 0 Å². The third kappa shape index (κ3) is 5.51. The number of unbranched alkanes of at least 4 members (excludes halogenated alkanes) is 1. The molecule has 0 radical (unpaired) electrons. The van der Waals surface area contributed by atoms with Gasteiger partial charge in [-0.3, -0.25) is 9.59 Å². The Morgan fingerprint density at radius 1 is 1.14 bits per heavy atom. The number of hydrogen-bond acceptors (Lipinski definition) is 2. The Bertz CT molecular complexity index is 498. The van der Waals surface area contributed by atoms with Crippen LogP contribution < -0.4 is 10.6 Å². The maximum atomic E-state index is 12.4. The maximum absolute atomic E-state index is 12.4. The van der Waals surface area contributed by atoms with Crippen molar-refractivity contribution in [2.24, 2.45) is 5.92 Å². The van der Waals surface area contributed by atoms with Crippen LogP contribution in [0.3, 0.4) is 0 Å². The van der Waals surface area contributed by atoms with Crippen molar-refractivity contribution >= 4 is 17.5 Å². The molecule has 4 heteroatoms. The van der Waals surface area contributed by atoms with Crippen molar-refractivity contribution in [2.45, 2.75) is 59.4 Å². The standard InChI is InChI=1S/C18H28N2O2/c1-5-7-10-14(6-2)17(21)20-16-12-9-8-11-15(16)18(22)19-13(3)4/h8-9,11-14H,5-7,10H2,1-4H3,(H,19,22)(H,20,21)/t14-/m1/s1. The van der Waals surface area contributed by atoms with Crippen LogP contribution in [0.5, 0.6) is 0 Å². The highest BCUT2D eigenvalue weighted by Crippen LogP contribution is 2.19. The van der Waals surface area contributed by atoms with Crippen molar-refractivity contribution in [3.63, 3.8) is 0 Å². The van der Waals surface area contributed by atoms with E-state index >= 15 is 0 Å². The highest BCUT2D eigenvalue weighted by molar-refractivity contribution is 6.04. The summed E-state index contributed by atoms with van der Waals surface area (Å²) in [5.41, 5.74) is 1.09. The lowest BCUT2D eigenvalue weighted by atomic mass is 9.98. The Kier molecular flexibility index (Phi) is 7.64. The van der Waals surface area contributed by atoms with Gasteiger partial charge in [0.05, 0.1) is 11.3 Å². The normalized spacial score (nSPS) is 12.0. The van der Waals surface area contributed by atoms with Crippen LogP contribution in [0.2, 0.25) is 0 Å². The molecule has 4 nitrogen and oxygen atoms in total. The first-order chi connectivity index (χ1) is 10.5. The van der Waals surface area contributed by atoms with Gasteiger partial charge >= 0.3 is 0 Å². The molecule has 1 atom stereocenters. The lowest BCUT2D eigenvalue weighted by Gasteiger charge is -2.17. The summed E-state index contributed by atoms with van der Waals surface area (Å²) in [7, 11) is 0. The predicted octanol–water partition coefficient (Wildman–Crippen LogP) is 3.98. The maximum Gasteiger partial charge on any atom is 0.253 e. The minimum atomic E-state index is -0.160. The fraction of sp³-hybridized carbons (Fsp3) is 0.556. The molecule has 0 aromatic heterocycles. The van der Waals surface area contributed by atoms with E-state index in [0.29, 0.717) is 11.3 Å². The topological polar surface area (TPSA) is 58.2 Å². The number of carbonyl (C=O) groups excluding carboxylic acids is 2. The summed E-state index contributed by atoms with van der Waals surface area (Å²) in [5, 5.41) is 5.78. The number of rotatable bonds is 8. The van der Waals surface area contributed by atoms with Crippen molar-refractivity contribution in [3.05, 3.63) is 29.8 Å². The number of amides is 2. The third-order valence-corrected chi connectivity index (χ3v) is 3.62. The number of hydrogen-bond donors (Lipinski definition) is 2. The van der Waals surface area contributed by atoms with Crippen LogP contribution in [-0.4, -0.2) is 17.9 Å². The van der Waals surface area contributed by atoms with Crippen molar-refractivity contribution in [1.82, 2.24) is 5.32 Å². The molecule has 1 aromatic rings. The van der Waals surface area contributed by atoms with Gasteiger partial charge in [0.25, 0.3) is 5.91 Å². The van der Waals surface area contributed by atoms with Crippen LogP contribution in [0.4, 0.5) is 5.69 Å². The molecule has 0 aliphatic carbocycles. The Balaban J connectivity index is 2.84. The fourth-order valence-electron chi connectivity index (χ4n) is 2.34. The lowest BCUT2D eigenvalue weighted by Crippen LogP contribution is -2.31. The van der Waals surface area contributed by atoms with Crippen LogP contribution >= 0.6 is 0 Å². The molecule has 0 bridgehead atoms. The Hall–Kier alpha value is -1.84. The smallest absolute Gasteiger partial charge is 0.253 e. The molecule has 0 spiro atoms. The molecule has 0 heterocycles. The minimum Gasteiger partial charge on any atom is -0.350 e. The van der Waals surface area contributed by atoms with Crippen LogP contribution in [-0.2, 0) is 4.79 Å². The zero-order chi connectivity index (χ0) is 16.5. The van der Waals surface area contributed by atoms with E-state index in [1.807, 2.05) is 26.8 Å². The summed E-state index contributed by atoms with van der Waals surface area (Å²) in [6, 6.07) is 7.21. The number of para-hydroxylation sites is 1. The molecule has 0 fully saturated rings. The van der Waals surface area contributed by atoms with Gasteiger partial charge in [-0.25, -0.2) is 0 Å². The molecule has 1 rings (SSSR count). The molecule has 1 aromatic carbocycles. The first-order valence-electron chi connectivity index (χ1n) is 8.20. The first kappa shape index (κ1) is 18.2. The van der Waals surface area contributed by atoms with Crippen LogP contribution in [0.1, 0.15) is 63.7 Å². The summed E-state index contributed by atoms with van der Waals surface area (Å²) in [6.45, 7) is 7.97. The van der Waals surface area contributed by atoms with Gasteiger partial charge in [0.2, 0.25) is 5.91 Å². The second kappa shape index (κ2) is 9.23. The largest absolute Gasteiger partial charge is 0.350 e. The summed E-state index contributed by atoms with van der Waals surface area (Å²) < 4.78 is 0. The fourth-order valence-corrected chi connectivity index (χ4v) is 2.34. The van der Waals surface area contributed by atoms with Crippen molar-refractivity contribution in [3.8, 4) is 0 Å². The number of nitrogens with one attached hydrogen (secondary N) is 2. The van der Waals surface area contributed by atoms with E-state index in [0.717, 1.165) is 25.7 Å². The zero-order valence-corrected chi connectivity index (χ0v) is 14.1. The second-order valence-corrected chi connectivity index (χ2v) is 5.91. The molecule has 22 heavy (non-hydrogen) atoms. The molecule has 2 amide bonds. The molecule has 0 aliphatic heterocycles. The highest BCUT2D eigenvalue weighted by atomic mass is 16.2. The molecule has 0 unspecified atom stereocenters. The van der Waals surface area contributed by atoms with Gasteiger partial charge < -0.3 is 10.6 Å². The SMILES string of the molecule is CCCC[C@@H](CC)C(=O)Nc1ccccc1C(=O)NC(C)C. The van der Waals surface area contributed by atoms with E-state index in [2.05, 4.69) is 17.6 Å². The van der Waals surface area contributed by atoms with Gasteiger partial charge in [0.15, 0.2) is 0 Å². The Labute approximate surface area is 133 Å². The highest BCUT2D eigenvalue weighted by Gasteiger charge is 2.19. The minimum absolute atomic E-state index is 0.000692. The van der Waals surface area contributed by atoms with Crippen LogP contribution in [0, 0.1) is 5.92 Å². The molecule has 0 saturated heterocycles. The molecule has 0 saturated carbocycles. The molecular formula is C18H28N2O2. The summed E-state index contributed by atoms with van der Waals surface area (Å²) in [5.74, 6) is -0.158. The monoisotopic (exact) mass is 304 g/mol. The van der Waals surface area contributed by atoms with Crippen molar-refractivity contribution < 1.29 is 9.59 Å². The van der Waals surface area contributed by atoms with Crippen LogP contribution in [0.15, 0.2) is 24.3 Å². The average molecular weight is 304 g/mol. The first-order valence-corrected chi connectivity index (χ1v) is 8.20. The zero-order valence-electron chi connectivity index (χ0n) is 14.1. The van der Waals surface area contributed by atoms with Gasteiger partial charge in [-0.1, -0.05) is 38.8 Å². The average Bonchev–Trinajstić information content (AvgIpc) is 2.47. The lowest BCUT2D eigenvalue weighted by molar-refractivity contribution is -0.120. The molecular weight excluding hydrogens is 276 g/mol. The van der Waals surface area contributed by atoms with Gasteiger partial charge in [0.1, 0.15) is 0 Å². The van der Waals surface area contributed by atoms with E-state index < -0.39 is 0 Å². The number of carbonyl (C=O) groups is 2. The van der Waals surface area contributed by atoms with Crippen molar-refractivity contribution in [2.75, 3.05) is 5.32 Å². The van der Waals surface area contributed by atoms with E-state index in [4.69, 9.17) is 0 Å². The quantitative estimate of drug-likeness (QED) is 0.763. The van der Waals surface area contributed by atoms with Gasteiger partial charge in [-0.15, -0.1) is 0 Å². The van der Waals surface area contributed by atoms with E-state index in [9.17, 15) is 9.59 Å². The summed E-state index contributed by atoms with van der Waals surface area (Å²) in [6.07, 6.45) is 3.82. The summed E-state index contributed by atoms with van der Waals surface area (Å²) >= 11 is 0. The van der Waals surface area contributed by atoms with Gasteiger partial charge in [0, 0.05) is 12.0 Å². The second-order valence-electron chi connectivity index (χ2n) is 5.91. The van der Waals surface area contributed by atoms with Crippen molar-refractivity contribution in [1.29, 1.82) is 0 Å². The van der Waals surface area contributed by atoms with Gasteiger partial charge in [-0.05, 0) is 38.8 Å². The number of anilines is 1. The molecule has 0 aliphatic rings. The number of benzene rings is 1. The van der Waals surface area contributed by atoms with E-state index in [1.54, 1.807) is 18.2 Å². The third-order valence-electron chi connectivity index (χ3n) is 3.62. The van der Waals surface area contributed by atoms with E-state index in [-0.39, 0.29) is 23.8 Å². The predicted molar refractivity (Wildman–Crippen MR) is 91.0 cm³/mol. The molecule has 122 valence electrons.